The molecule has 0 heterocycles. The number of unbranched alkanes of at least 4 members (excludes halogenated alkanes) is 1. The zero-order valence-electron chi connectivity index (χ0n) is 8.56. The van der Waals surface area contributed by atoms with Crippen molar-refractivity contribution in [1.82, 2.24) is 0 Å². The number of aryl methyl sites for hydroxylation is 1. The number of rotatable bonds is 4. The third-order valence-corrected chi connectivity index (χ3v) is 2.15. The molecule has 0 aliphatic carbocycles. The Morgan fingerprint density at radius 1 is 1.40 bits per heavy atom. The van der Waals surface area contributed by atoms with Crippen LogP contribution in [0.2, 0.25) is 0 Å². The molecular formula is C11H14CrO3. The quantitative estimate of drug-likeness (QED) is 0.857. The molecule has 82 valence electrons. The minimum Gasteiger partial charge on any atom is -0.507 e. The summed E-state index contributed by atoms with van der Waals surface area (Å²) < 4.78 is 0. The van der Waals surface area contributed by atoms with E-state index in [1.807, 2.05) is 0 Å². The molecule has 15 heavy (non-hydrogen) atoms. The van der Waals surface area contributed by atoms with E-state index >= 15 is 0 Å². The van der Waals surface area contributed by atoms with Crippen LogP contribution < -0.4 is 0 Å². The Morgan fingerprint density at radius 2 is 2.07 bits per heavy atom. The second kappa shape index (κ2) is 6.50. The van der Waals surface area contributed by atoms with E-state index < -0.39 is 5.97 Å². The van der Waals surface area contributed by atoms with Gasteiger partial charge in [0.05, 0.1) is 0 Å². The van der Waals surface area contributed by atoms with Crippen molar-refractivity contribution in [2.75, 3.05) is 0 Å². The molecule has 1 rings (SSSR count). The number of aromatic carboxylic acids is 1. The van der Waals surface area contributed by atoms with Gasteiger partial charge in [-0.15, -0.1) is 0 Å². The molecule has 0 spiro atoms. The molecule has 0 radical (unpaired) electrons. The van der Waals surface area contributed by atoms with Crippen LogP contribution in [0.25, 0.3) is 0 Å². The summed E-state index contributed by atoms with van der Waals surface area (Å²) >= 11 is 0. The predicted molar refractivity (Wildman–Crippen MR) is 53.7 cm³/mol. The Hall–Kier alpha value is -0.978. The summed E-state index contributed by atoms with van der Waals surface area (Å²) in [7, 11) is 0. The third kappa shape index (κ3) is 3.58. The van der Waals surface area contributed by atoms with Crippen LogP contribution in [0.3, 0.4) is 0 Å². The number of para-hydroxylation sites is 1. The van der Waals surface area contributed by atoms with Gasteiger partial charge in [0.15, 0.2) is 0 Å². The first-order chi connectivity index (χ1) is 6.66. The summed E-state index contributed by atoms with van der Waals surface area (Å²) in [5, 5.41) is 18.4. The molecular weight excluding hydrogens is 232 g/mol. The van der Waals surface area contributed by atoms with E-state index in [1.54, 1.807) is 12.1 Å². The van der Waals surface area contributed by atoms with Crippen LogP contribution >= 0.6 is 0 Å². The molecule has 0 bridgehead atoms. The van der Waals surface area contributed by atoms with Crippen LogP contribution in [-0.4, -0.2) is 16.2 Å². The average Bonchev–Trinajstić information content (AvgIpc) is 2.16. The van der Waals surface area contributed by atoms with Gasteiger partial charge in [-0.1, -0.05) is 25.5 Å². The summed E-state index contributed by atoms with van der Waals surface area (Å²) in [5.41, 5.74) is 0.699. The number of carboxylic acids is 1. The number of benzene rings is 1. The summed E-state index contributed by atoms with van der Waals surface area (Å²) in [6, 6.07) is 4.83. The standard InChI is InChI=1S/C11H14O3.Cr/c1-2-3-5-8-6-4-7-9(10(8)12)11(13)14;/h4,6-7,12H,2-3,5H2,1H3,(H,13,14);. The van der Waals surface area contributed by atoms with E-state index in [0.29, 0.717) is 5.56 Å². The average molecular weight is 246 g/mol. The van der Waals surface area contributed by atoms with Gasteiger partial charge >= 0.3 is 5.97 Å². The number of carboxylic acid groups (broad SMARTS) is 1. The van der Waals surface area contributed by atoms with Crippen LogP contribution in [0.4, 0.5) is 0 Å². The fourth-order valence-corrected chi connectivity index (χ4v) is 1.33. The molecule has 0 aliphatic rings. The summed E-state index contributed by atoms with van der Waals surface area (Å²) in [4.78, 5) is 10.7. The fourth-order valence-electron chi connectivity index (χ4n) is 1.33. The maximum Gasteiger partial charge on any atom is 0.339 e. The van der Waals surface area contributed by atoms with Gasteiger partial charge in [-0.25, -0.2) is 4.79 Å². The zero-order valence-corrected chi connectivity index (χ0v) is 9.84. The van der Waals surface area contributed by atoms with E-state index in [1.165, 1.54) is 6.07 Å². The first kappa shape index (κ1) is 14.0. The molecule has 0 aromatic heterocycles. The van der Waals surface area contributed by atoms with Crippen LogP contribution in [0.15, 0.2) is 18.2 Å². The van der Waals surface area contributed by atoms with E-state index in [0.717, 1.165) is 19.3 Å². The van der Waals surface area contributed by atoms with Gasteiger partial charge in [0, 0.05) is 17.4 Å². The van der Waals surface area contributed by atoms with E-state index in [4.69, 9.17) is 5.11 Å². The molecule has 0 unspecified atom stereocenters. The van der Waals surface area contributed by atoms with Gasteiger partial charge in [-0.05, 0) is 24.5 Å². The Balaban J connectivity index is 0.00000196. The van der Waals surface area contributed by atoms with E-state index in [9.17, 15) is 9.90 Å². The van der Waals surface area contributed by atoms with E-state index in [-0.39, 0.29) is 28.7 Å². The third-order valence-electron chi connectivity index (χ3n) is 2.15. The van der Waals surface area contributed by atoms with Crippen molar-refractivity contribution in [1.29, 1.82) is 0 Å². The minimum absolute atomic E-state index is 0. The second-order valence-corrected chi connectivity index (χ2v) is 3.22. The number of hydrogen-bond acceptors (Lipinski definition) is 2. The van der Waals surface area contributed by atoms with Crippen molar-refractivity contribution < 1.29 is 32.4 Å². The Morgan fingerprint density at radius 3 is 2.60 bits per heavy atom. The van der Waals surface area contributed by atoms with Crippen LogP contribution in [0, 0.1) is 0 Å². The summed E-state index contributed by atoms with van der Waals surface area (Å²) in [5.74, 6) is -1.17. The molecule has 0 saturated carbocycles. The summed E-state index contributed by atoms with van der Waals surface area (Å²) in [6.07, 6.45) is 2.71. The van der Waals surface area contributed by atoms with Crippen molar-refractivity contribution in [3.05, 3.63) is 29.3 Å². The number of aromatic hydroxyl groups is 1. The van der Waals surface area contributed by atoms with Crippen molar-refractivity contribution in [3.8, 4) is 5.75 Å². The van der Waals surface area contributed by atoms with Crippen molar-refractivity contribution in [3.63, 3.8) is 0 Å². The van der Waals surface area contributed by atoms with Gasteiger partial charge in [-0.2, -0.15) is 0 Å². The fraction of sp³-hybridized carbons (Fsp3) is 0.364. The molecule has 0 aliphatic heterocycles. The van der Waals surface area contributed by atoms with Crippen molar-refractivity contribution in [2.24, 2.45) is 0 Å². The molecule has 0 amide bonds. The number of carbonyl (C=O) groups is 1. The van der Waals surface area contributed by atoms with Crippen molar-refractivity contribution in [2.45, 2.75) is 26.2 Å². The smallest absolute Gasteiger partial charge is 0.339 e. The van der Waals surface area contributed by atoms with Gasteiger partial charge in [0.25, 0.3) is 0 Å². The SMILES string of the molecule is CCCCc1cccc(C(=O)O)c1O.[Cr]. The monoisotopic (exact) mass is 246 g/mol. The maximum atomic E-state index is 10.7. The normalized spacial score (nSPS) is 9.40. The minimum atomic E-state index is -1.08. The topological polar surface area (TPSA) is 57.5 Å². The van der Waals surface area contributed by atoms with E-state index in [2.05, 4.69) is 6.92 Å². The molecule has 0 atom stereocenters. The van der Waals surface area contributed by atoms with Gasteiger partial charge in [-0.3, -0.25) is 0 Å². The molecule has 1 aromatic carbocycles. The Labute approximate surface area is 99.9 Å². The van der Waals surface area contributed by atoms with Crippen molar-refractivity contribution >= 4 is 5.97 Å². The van der Waals surface area contributed by atoms with Crippen LogP contribution in [-0.2, 0) is 23.8 Å². The molecule has 2 N–H and O–H groups in total. The molecule has 4 heteroatoms. The van der Waals surface area contributed by atoms with Gasteiger partial charge in [0.2, 0.25) is 0 Å². The molecule has 0 saturated heterocycles. The maximum absolute atomic E-state index is 10.7. The number of phenols is 1. The first-order valence-electron chi connectivity index (χ1n) is 4.71. The predicted octanol–water partition coefficient (Wildman–Crippen LogP) is 2.43. The Kier molecular flexibility index (Phi) is 6.07. The molecule has 1 aromatic rings. The van der Waals surface area contributed by atoms with Crippen LogP contribution in [0.1, 0.15) is 35.7 Å². The first-order valence-corrected chi connectivity index (χ1v) is 4.71. The number of hydrogen-bond donors (Lipinski definition) is 2. The van der Waals surface area contributed by atoms with Crippen LogP contribution in [0.5, 0.6) is 5.75 Å². The Bertz CT molecular complexity index is 337. The zero-order chi connectivity index (χ0) is 10.6. The van der Waals surface area contributed by atoms with Gasteiger partial charge in [0.1, 0.15) is 11.3 Å². The largest absolute Gasteiger partial charge is 0.507 e. The second-order valence-electron chi connectivity index (χ2n) is 3.22. The molecule has 0 fully saturated rings. The molecule has 3 nitrogen and oxygen atoms in total. The van der Waals surface area contributed by atoms with Gasteiger partial charge < -0.3 is 10.2 Å². The summed E-state index contributed by atoms with van der Waals surface area (Å²) in [6.45, 7) is 2.05.